The molecular weight excluding hydrogens is 603 g/mol. The first-order valence-electron chi connectivity index (χ1n) is 13.5. The van der Waals surface area contributed by atoms with Gasteiger partial charge in [0.2, 0.25) is 5.78 Å². The molecule has 2 aromatic heterocycles. The van der Waals surface area contributed by atoms with Gasteiger partial charge in [0.15, 0.2) is 23.5 Å². The van der Waals surface area contributed by atoms with E-state index in [2.05, 4.69) is 15.0 Å². The van der Waals surface area contributed by atoms with Gasteiger partial charge in [-0.15, -0.1) is 0 Å². The molecule has 0 spiro atoms. The van der Waals surface area contributed by atoms with Crippen LogP contribution in [-0.4, -0.2) is 66.6 Å². The van der Waals surface area contributed by atoms with Crippen molar-refractivity contribution in [3.8, 4) is 5.75 Å². The number of carbonyl (C=O) groups is 1. The number of hydrogen-bond donors (Lipinski definition) is 2. The number of Topliss-reactive ketones (excluding diaryl/α,β-unsaturated/α-hetero) is 1. The molecule has 16 heteroatoms. The molecule has 44 heavy (non-hydrogen) atoms. The molecule has 0 saturated carbocycles. The molecule has 4 heterocycles. The number of ketones is 1. The van der Waals surface area contributed by atoms with Crippen LogP contribution in [0.25, 0.3) is 11.2 Å². The number of rotatable bonds is 10. The number of imidazole rings is 1. The predicted octanol–water partition coefficient (Wildman–Crippen LogP) is 4.08. The van der Waals surface area contributed by atoms with Gasteiger partial charge in [-0.1, -0.05) is 42.5 Å². The van der Waals surface area contributed by atoms with Gasteiger partial charge in [-0.3, -0.25) is 13.9 Å². The number of alkyl halides is 2. The van der Waals surface area contributed by atoms with Gasteiger partial charge in [0, 0.05) is 0 Å². The lowest BCUT2D eigenvalue weighted by atomic mass is 10.1. The number of ether oxygens (including phenoxy) is 4. The van der Waals surface area contributed by atoms with Gasteiger partial charge >= 0.3 is 13.3 Å². The summed E-state index contributed by atoms with van der Waals surface area (Å²) in [4.78, 5) is 35.8. The van der Waals surface area contributed by atoms with E-state index in [9.17, 15) is 14.3 Å². The Balaban J connectivity index is 1.20. The maximum atomic E-state index is 15.4. The molecule has 0 aliphatic carbocycles. The van der Waals surface area contributed by atoms with Crippen molar-refractivity contribution in [1.82, 2.24) is 19.5 Å². The summed E-state index contributed by atoms with van der Waals surface area (Å²) in [6.07, 6.45) is -1.16. The number of benzene rings is 2. The Labute approximate surface area is 249 Å². The third-order valence-electron chi connectivity index (χ3n) is 7.20. The van der Waals surface area contributed by atoms with Crippen molar-refractivity contribution < 1.29 is 46.5 Å². The van der Waals surface area contributed by atoms with Crippen LogP contribution in [0.15, 0.2) is 67.3 Å². The summed E-state index contributed by atoms with van der Waals surface area (Å²) < 4.78 is 73.8. The monoisotopic (exact) mass is 631 g/mol. The van der Waals surface area contributed by atoms with Gasteiger partial charge < -0.3 is 34.1 Å². The van der Waals surface area contributed by atoms with E-state index in [1.807, 2.05) is 0 Å². The summed E-state index contributed by atoms with van der Waals surface area (Å²) in [7, 11) is -5.93. The lowest BCUT2D eigenvalue weighted by molar-refractivity contribution is -0.199. The molecule has 5 atom stereocenters. The zero-order valence-corrected chi connectivity index (χ0v) is 24.3. The van der Waals surface area contributed by atoms with Crippen molar-refractivity contribution >= 4 is 30.4 Å². The number of hydrogen-bond acceptors (Lipinski definition) is 11. The average Bonchev–Trinajstić information content (AvgIpc) is 3.66. The normalized spacial score (nSPS) is 24.2. The Morgan fingerprint density at radius 1 is 1.09 bits per heavy atom. The standard InChI is InChI=1S/C28H28F2N5O8P/c1-27(2)42-21-19(41-26(22(21)43-27)35-15-34-20-24(31)32-14-33-25(20)35)13-40-44(37,38)28(29,30)23(36)17-10-6-7-11-18(17)39-12-16-8-4-3-5-9-16/h3-11,14-15,19,21-22,26H,12-13H2,1-2H3,(H,37,38)(H2,31,32,33)/t19-,21?,22+,26-/m1/s1. The van der Waals surface area contributed by atoms with E-state index in [0.717, 1.165) is 11.6 Å². The van der Waals surface area contributed by atoms with Crippen molar-refractivity contribution in [2.24, 2.45) is 0 Å². The zero-order chi connectivity index (χ0) is 31.3. The average molecular weight is 632 g/mol. The molecule has 2 fully saturated rings. The van der Waals surface area contributed by atoms with Crippen molar-refractivity contribution in [3.05, 3.63) is 78.4 Å². The molecule has 0 radical (unpaired) electrons. The maximum absolute atomic E-state index is 15.4. The van der Waals surface area contributed by atoms with Gasteiger partial charge in [0.1, 0.15) is 42.5 Å². The minimum atomic E-state index is -5.93. The van der Waals surface area contributed by atoms with Gasteiger partial charge in [0.25, 0.3) is 0 Å². The fourth-order valence-corrected chi connectivity index (χ4v) is 6.02. The Kier molecular flexibility index (Phi) is 7.72. The highest BCUT2D eigenvalue weighted by molar-refractivity contribution is 7.55. The molecule has 2 unspecified atom stereocenters. The molecule has 6 rings (SSSR count). The van der Waals surface area contributed by atoms with E-state index in [1.54, 1.807) is 44.2 Å². The van der Waals surface area contributed by atoms with Gasteiger partial charge in [-0.05, 0) is 31.5 Å². The molecule has 2 aliphatic rings. The molecule has 4 aromatic rings. The molecule has 0 amide bonds. The fraction of sp³-hybridized carbons (Fsp3) is 0.357. The van der Waals surface area contributed by atoms with Gasteiger partial charge in [0.05, 0.1) is 18.5 Å². The van der Waals surface area contributed by atoms with Crippen LogP contribution in [0.2, 0.25) is 0 Å². The summed E-state index contributed by atoms with van der Waals surface area (Å²) in [6, 6.07) is 14.1. The molecule has 0 bridgehead atoms. The van der Waals surface area contributed by atoms with Crippen LogP contribution < -0.4 is 10.5 Å². The van der Waals surface area contributed by atoms with Crippen LogP contribution in [0.1, 0.15) is 36.0 Å². The fourth-order valence-electron chi connectivity index (χ4n) is 5.13. The number of aromatic nitrogens is 4. The molecule has 2 aromatic carbocycles. The number of para-hydroxylation sites is 1. The molecule has 2 aliphatic heterocycles. The van der Waals surface area contributed by atoms with Crippen LogP contribution in [-0.2, 0) is 29.9 Å². The van der Waals surface area contributed by atoms with Crippen LogP contribution in [0.4, 0.5) is 14.6 Å². The second-order valence-corrected chi connectivity index (χ2v) is 12.5. The van der Waals surface area contributed by atoms with E-state index < -0.39 is 61.5 Å². The highest BCUT2D eigenvalue weighted by Crippen LogP contribution is 2.59. The first-order valence-corrected chi connectivity index (χ1v) is 15.1. The number of nitrogens with zero attached hydrogens (tertiary/aromatic N) is 4. The first kappa shape index (κ1) is 30.2. The second kappa shape index (κ2) is 11.3. The van der Waals surface area contributed by atoms with Crippen molar-refractivity contribution in [3.63, 3.8) is 0 Å². The lowest BCUT2D eigenvalue weighted by Crippen LogP contribution is -2.35. The van der Waals surface area contributed by atoms with Gasteiger partial charge in [-0.2, -0.15) is 8.78 Å². The van der Waals surface area contributed by atoms with Crippen molar-refractivity contribution in [2.75, 3.05) is 12.3 Å². The Hall–Kier alpha value is -3.85. The molecule has 2 saturated heterocycles. The topological polar surface area (TPSA) is 170 Å². The highest BCUT2D eigenvalue weighted by atomic mass is 31.2. The van der Waals surface area contributed by atoms with Crippen LogP contribution >= 0.6 is 7.60 Å². The summed E-state index contributed by atoms with van der Waals surface area (Å²) in [5.74, 6) is -3.08. The SMILES string of the molecule is CC1(C)OC2[C@@H](COP(=O)(O)C(F)(F)C(=O)c3ccccc3OCc3ccccc3)O[C@@H](n3cnc4c(N)ncnc43)[C@H]2O1. The predicted molar refractivity (Wildman–Crippen MR) is 150 cm³/mol. The Morgan fingerprint density at radius 2 is 1.80 bits per heavy atom. The highest BCUT2D eigenvalue weighted by Gasteiger charge is 2.61. The maximum Gasteiger partial charge on any atom is 0.407 e. The smallest absolute Gasteiger partial charge is 0.407 e. The largest absolute Gasteiger partial charge is 0.488 e. The molecular formula is C28H28F2N5O8P. The molecule has 13 nitrogen and oxygen atoms in total. The summed E-state index contributed by atoms with van der Waals surface area (Å²) in [5, 5.41) is 0. The summed E-state index contributed by atoms with van der Waals surface area (Å²) >= 11 is 0. The lowest BCUT2D eigenvalue weighted by Gasteiger charge is -2.26. The van der Waals surface area contributed by atoms with E-state index in [0.29, 0.717) is 11.2 Å². The number of halogens is 2. The van der Waals surface area contributed by atoms with Crippen LogP contribution in [0, 0.1) is 0 Å². The quantitative estimate of drug-likeness (QED) is 0.190. The number of fused-ring (bicyclic) bond motifs is 2. The number of anilines is 1. The summed E-state index contributed by atoms with van der Waals surface area (Å²) in [6.45, 7) is 2.45. The van der Waals surface area contributed by atoms with E-state index >= 15 is 8.78 Å². The minimum absolute atomic E-state index is 0.0179. The van der Waals surface area contributed by atoms with E-state index in [4.69, 9.17) is 29.2 Å². The first-order chi connectivity index (χ1) is 20.9. The van der Waals surface area contributed by atoms with Crippen molar-refractivity contribution in [2.45, 2.75) is 56.4 Å². The summed E-state index contributed by atoms with van der Waals surface area (Å²) in [5.41, 5.74) is 1.84. The van der Waals surface area contributed by atoms with Crippen molar-refractivity contribution in [1.29, 1.82) is 0 Å². The molecule has 232 valence electrons. The number of nitrogens with two attached hydrogens (primary N) is 1. The van der Waals surface area contributed by atoms with Crippen LogP contribution in [0.5, 0.6) is 5.75 Å². The van der Waals surface area contributed by atoms with Gasteiger partial charge in [-0.25, -0.2) is 15.0 Å². The van der Waals surface area contributed by atoms with Crippen LogP contribution in [0.3, 0.4) is 0 Å². The number of carbonyl (C=O) groups excluding carboxylic acids is 1. The van der Waals surface area contributed by atoms with E-state index in [1.165, 1.54) is 35.4 Å². The second-order valence-electron chi connectivity index (χ2n) is 10.7. The minimum Gasteiger partial charge on any atom is -0.488 e. The number of nitrogen functional groups attached to an aromatic ring is 1. The third kappa shape index (κ3) is 5.47. The molecule has 3 N–H and O–H groups in total. The third-order valence-corrected chi connectivity index (χ3v) is 8.61. The Bertz CT molecular complexity index is 1740. The van der Waals surface area contributed by atoms with E-state index in [-0.39, 0.29) is 18.2 Å². The zero-order valence-electron chi connectivity index (χ0n) is 23.4. The Morgan fingerprint density at radius 3 is 2.57 bits per heavy atom.